The number of guanidine groups is 1. The first-order valence-corrected chi connectivity index (χ1v) is 11.2. The Balaban J connectivity index is 1.54. The zero-order valence-electron chi connectivity index (χ0n) is 17.7. The summed E-state index contributed by atoms with van der Waals surface area (Å²) in [5, 5.41) is 20.9. The Hall–Kier alpha value is -2.12. The summed E-state index contributed by atoms with van der Waals surface area (Å²) in [6, 6.07) is 7.37. The summed E-state index contributed by atoms with van der Waals surface area (Å²) >= 11 is 5.93. The maximum absolute atomic E-state index is 9.51. The van der Waals surface area contributed by atoms with Crippen LogP contribution < -0.4 is 10.6 Å². The quantitative estimate of drug-likeness (QED) is 0.411. The fourth-order valence-electron chi connectivity index (χ4n) is 3.98. The van der Waals surface area contributed by atoms with Crippen LogP contribution in [0.4, 0.5) is 0 Å². The highest BCUT2D eigenvalue weighted by Gasteiger charge is 2.31. The summed E-state index contributed by atoms with van der Waals surface area (Å²) in [5.41, 5.74) is 1.01. The highest BCUT2D eigenvalue weighted by molar-refractivity contribution is 6.30. The van der Waals surface area contributed by atoms with Gasteiger partial charge in [-0.25, -0.2) is 0 Å². The minimum Gasteiger partial charge on any atom is -0.396 e. The number of hydrogen-bond donors (Lipinski definition) is 3. The van der Waals surface area contributed by atoms with Gasteiger partial charge >= 0.3 is 0 Å². The molecule has 0 amide bonds. The molecule has 1 fully saturated rings. The van der Waals surface area contributed by atoms with Crippen LogP contribution >= 0.6 is 11.6 Å². The smallest absolute Gasteiger partial charge is 0.228 e. The van der Waals surface area contributed by atoms with Gasteiger partial charge in [-0.05, 0) is 55.9 Å². The zero-order valence-corrected chi connectivity index (χ0v) is 18.4. The van der Waals surface area contributed by atoms with E-state index in [4.69, 9.17) is 21.1 Å². The number of aliphatic imine (C=N–C) groups is 1. The van der Waals surface area contributed by atoms with E-state index >= 15 is 0 Å². The van der Waals surface area contributed by atoms with Crippen molar-refractivity contribution >= 4 is 17.6 Å². The molecule has 1 aliphatic carbocycles. The van der Waals surface area contributed by atoms with E-state index in [1.807, 2.05) is 24.3 Å². The Morgan fingerprint density at radius 2 is 1.97 bits per heavy atom. The fraction of sp³-hybridized carbons (Fsp3) is 0.591. The first-order chi connectivity index (χ1) is 14.6. The maximum Gasteiger partial charge on any atom is 0.228 e. The lowest BCUT2D eigenvalue weighted by atomic mass is 9.72. The molecule has 3 N–H and O–H groups in total. The van der Waals surface area contributed by atoms with E-state index in [9.17, 15) is 5.11 Å². The van der Waals surface area contributed by atoms with Crippen LogP contribution in [0.1, 0.15) is 51.3 Å². The molecule has 3 rings (SSSR count). The van der Waals surface area contributed by atoms with E-state index < -0.39 is 0 Å². The lowest BCUT2D eigenvalue weighted by Gasteiger charge is -2.35. The van der Waals surface area contributed by atoms with Crippen molar-refractivity contribution in [1.29, 1.82) is 0 Å². The van der Waals surface area contributed by atoms with E-state index in [2.05, 4.69) is 27.7 Å². The molecule has 8 heteroatoms. The van der Waals surface area contributed by atoms with Gasteiger partial charge < -0.3 is 20.3 Å². The normalized spacial score (nSPS) is 16.4. The highest BCUT2D eigenvalue weighted by atomic mass is 35.5. The third-order valence-corrected chi connectivity index (χ3v) is 5.93. The summed E-state index contributed by atoms with van der Waals surface area (Å²) in [4.78, 5) is 9.28. The molecule has 7 nitrogen and oxygen atoms in total. The molecule has 0 aliphatic heterocycles. The molecule has 0 bridgehead atoms. The molecule has 1 aromatic heterocycles. The summed E-state index contributed by atoms with van der Waals surface area (Å²) in [6.45, 7) is 4.45. The second-order valence-corrected chi connectivity index (χ2v) is 8.36. The number of nitrogens with one attached hydrogen (secondary N) is 2. The monoisotopic (exact) mass is 433 g/mol. The molecule has 1 aliphatic rings. The molecule has 1 heterocycles. The van der Waals surface area contributed by atoms with Crippen molar-refractivity contribution in [2.24, 2.45) is 10.4 Å². The van der Waals surface area contributed by atoms with Crippen molar-refractivity contribution in [2.45, 2.75) is 51.9 Å². The second-order valence-electron chi connectivity index (χ2n) is 7.92. The number of hydrogen-bond acceptors (Lipinski definition) is 5. The van der Waals surface area contributed by atoms with Crippen LogP contribution in [0, 0.1) is 5.41 Å². The number of benzene rings is 1. The van der Waals surface area contributed by atoms with Crippen molar-refractivity contribution in [1.82, 2.24) is 20.8 Å². The maximum atomic E-state index is 9.51. The number of rotatable bonds is 9. The van der Waals surface area contributed by atoms with Gasteiger partial charge in [-0.15, -0.1) is 0 Å². The van der Waals surface area contributed by atoms with Gasteiger partial charge in [-0.2, -0.15) is 4.98 Å². The number of aliphatic hydroxyl groups excluding tert-OH is 1. The Labute approximate surface area is 183 Å². The summed E-state index contributed by atoms with van der Waals surface area (Å²) in [6.07, 6.45) is 7.46. The Bertz CT molecular complexity index is 795. The third-order valence-electron chi connectivity index (χ3n) is 5.67. The second kappa shape index (κ2) is 11.3. The first-order valence-electron chi connectivity index (χ1n) is 10.9. The Kier molecular flexibility index (Phi) is 8.51. The van der Waals surface area contributed by atoms with Crippen LogP contribution in [0.5, 0.6) is 0 Å². The summed E-state index contributed by atoms with van der Waals surface area (Å²) in [7, 11) is 0. The van der Waals surface area contributed by atoms with Gasteiger partial charge in [-0.1, -0.05) is 36.0 Å². The Morgan fingerprint density at radius 3 is 2.67 bits per heavy atom. The van der Waals surface area contributed by atoms with Crippen molar-refractivity contribution in [2.75, 3.05) is 26.2 Å². The standard InChI is InChI=1S/C22H32ClN5O2/c1-2-24-21(26-16-22(13-15-29)11-4-3-5-12-22)25-14-10-19-27-20(28-30-19)17-6-8-18(23)9-7-17/h6-9,29H,2-5,10-16H2,1H3,(H2,24,25,26). The molecule has 0 spiro atoms. The van der Waals surface area contributed by atoms with Crippen LogP contribution in [-0.2, 0) is 6.42 Å². The number of aliphatic hydroxyl groups is 1. The molecule has 0 unspecified atom stereocenters. The van der Waals surface area contributed by atoms with E-state index in [0.717, 1.165) is 43.9 Å². The van der Waals surface area contributed by atoms with E-state index in [0.29, 0.717) is 29.7 Å². The van der Waals surface area contributed by atoms with Gasteiger partial charge in [0.2, 0.25) is 11.7 Å². The third kappa shape index (κ3) is 6.44. The fourth-order valence-corrected chi connectivity index (χ4v) is 4.10. The minimum atomic E-state index is 0.134. The lowest BCUT2D eigenvalue weighted by Crippen LogP contribution is -2.40. The summed E-state index contributed by atoms with van der Waals surface area (Å²) in [5.74, 6) is 1.93. The van der Waals surface area contributed by atoms with Gasteiger partial charge in [0, 0.05) is 43.2 Å². The molecule has 0 saturated heterocycles. The average molecular weight is 434 g/mol. The average Bonchev–Trinajstić information content (AvgIpc) is 3.22. The van der Waals surface area contributed by atoms with E-state index in [-0.39, 0.29) is 12.0 Å². The molecule has 1 aromatic carbocycles. The van der Waals surface area contributed by atoms with E-state index in [1.54, 1.807) is 0 Å². The van der Waals surface area contributed by atoms with Crippen molar-refractivity contribution < 1.29 is 9.63 Å². The molecule has 2 aromatic rings. The van der Waals surface area contributed by atoms with Crippen molar-refractivity contribution in [3.63, 3.8) is 0 Å². The molecule has 0 radical (unpaired) electrons. The molecule has 1 saturated carbocycles. The largest absolute Gasteiger partial charge is 0.396 e. The molecular formula is C22H32ClN5O2. The first kappa shape index (κ1) is 22.6. The van der Waals surface area contributed by atoms with Gasteiger partial charge in [-0.3, -0.25) is 4.99 Å². The van der Waals surface area contributed by atoms with Crippen LogP contribution in [0.2, 0.25) is 5.02 Å². The molecule has 164 valence electrons. The van der Waals surface area contributed by atoms with Crippen molar-refractivity contribution in [3.05, 3.63) is 35.2 Å². The van der Waals surface area contributed by atoms with Gasteiger partial charge in [0.25, 0.3) is 0 Å². The summed E-state index contributed by atoms with van der Waals surface area (Å²) < 4.78 is 5.37. The number of nitrogens with zero attached hydrogens (tertiary/aromatic N) is 3. The van der Waals surface area contributed by atoms with Crippen molar-refractivity contribution in [3.8, 4) is 11.4 Å². The Morgan fingerprint density at radius 1 is 1.20 bits per heavy atom. The molecule has 0 atom stereocenters. The predicted molar refractivity (Wildman–Crippen MR) is 120 cm³/mol. The minimum absolute atomic E-state index is 0.134. The van der Waals surface area contributed by atoms with Crippen LogP contribution in [-0.4, -0.2) is 47.4 Å². The lowest BCUT2D eigenvalue weighted by molar-refractivity contribution is 0.137. The van der Waals surface area contributed by atoms with Gasteiger partial charge in [0.05, 0.1) is 0 Å². The topological polar surface area (TPSA) is 95.6 Å². The van der Waals surface area contributed by atoms with Crippen LogP contribution in [0.25, 0.3) is 11.4 Å². The van der Waals surface area contributed by atoms with Crippen LogP contribution in [0.15, 0.2) is 33.8 Å². The number of halogens is 1. The van der Waals surface area contributed by atoms with Crippen LogP contribution in [0.3, 0.4) is 0 Å². The predicted octanol–water partition coefficient (Wildman–Crippen LogP) is 3.82. The number of aromatic nitrogens is 2. The molecular weight excluding hydrogens is 402 g/mol. The van der Waals surface area contributed by atoms with E-state index in [1.165, 1.54) is 19.3 Å². The SMILES string of the molecule is CCNC(=NCC1(CCO)CCCCC1)NCCc1nc(-c2ccc(Cl)cc2)no1. The van der Waals surface area contributed by atoms with Gasteiger partial charge in [0.15, 0.2) is 5.96 Å². The zero-order chi connectivity index (χ0) is 21.2. The van der Waals surface area contributed by atoms with Gasteiger partial charge in [0.1, 0.15) is 0 Å². The highest BCUT2D eigenvalue weighted by Crippen LogP contribution is 2.39. The molecule has 30 heavy (non-hydrogen) atoms.